The molecule has 0 radical (unpaired) electrons. The Morgan fingerprint density at radius 3 is 2.81 bits per heavy atom. The van der Waals surface area contributed by atoms with Crippen molar-refractivity contribution in [2.75, 3.05) is 5.32 Å². The van der Waals surface area contributed by atoms with Crippen LogP contribution in [0.25, 0.3) is 0 Å². The first-order valence-electron chi connectivity index (χ1n) is 6.90. The Morgan fingerprint density at radius 2 is 2.19 bits per heavy atom. The molecule has 2 aromatic rings. The lowest BCUT2D eigenvalue weighted by molar-refractivity contribution is -0.116. The zero-order valence-corrected chi connectivity index (χ0v) is 12.5. The van der Waals surface area contributed by atoms with Crippen LogP contribution in [0.15, 0.2) is 24.4 Å². The minimum atomic E-state index is -0.184. The van der Waals surface area contributed by atoms with E-state index in [2.05, 4.69) is 29.5 Å². The number of nitrogens with one attached hydrogen (secondary N) is 1. The van der Waals surface area contributed by atoms with Crippen molar-refractivity contribution in [1.82, 2.24) is 15.0 Å². The Bertz CT molecular complexity index is 634. The maximum Gasteiger partial charge on any atom is 0.246 e. The molecule has 0 aliphatic carbocycles. The van der Waals surface area contributed by atoms with Crippen molar-refractivity contribution in [1.29, 1.82) is 0 Å². The normalized spacial score (nSPS) is 10.9. The van der Waals surface area contributed by atoms with Crippen molar-refractivity contribution in [2.45, 2.75) is 39.8 Å². The Balaban J connectivity index is 2.12. The van der Waals surface area contributed by atoms with Gasteiger partial charge in [-0.2, -0.15) is 0 Å². The van der Waals surface area contributed by atoms with Gasteiger partial charge in [-0.15, -0.1) is 5.10 Å². The van der Waals surface area contributed by atoms with Crippen LogP contribution in [-0.4, -0.2) is 26.0 Å². The molecule has 6 nitrogen and oxygen atoms in total. The molecule has 0 bridgehead atoms. The molecule has 0 fully saturated rings. The van der Waals surface area contributed by atoms with Crippen LogP contribution in [0.4, 0.5) is 5.69 Å². The summed E-state index contributed by atoms with van der Waals surface area (Å²) in [6.45, 7) is 6.04. The molecule has 1 heterocycles. The fourth-order valence-corrected chi connectivity index (χ4v) is 2.16. The second-order valence-corrected chi connectivity index (χ2v) is 5.31. The number of carbonyl (C=O) groups excluding carboxylic acids is 1. The predicted octanol–water partition coefficient (Wildman–Crippen LogP) is 1.84. The second kappa shape index (κ2) is 6.49. The molecule has 0 spiro atoms. The summed E-state index contributed by atoms with van der Waals surface area (Å²) in [5.74, 6) is 0.160. The van der Waals surface area contributed by atoms with E-state index < -0.39 is 0 Å². The van der Waals surface area contributed by atoms with Crippen LogP contribution in [0, 0.1) is 6.92 Å². The molecule has 0 unspecified atom stereocenters. The molecule has 0 aliphatic heterocycles. The first kappa shape index (κ1) is 15.2. The van der Waals surface area contributed by atoms with Gasteiger partial charge in [0, 0.05) is 5.69 Å². The van der Waals surface area contributed by atoms with E-state index >= 15 is 0 Å². The highest BCUT2D eigenvalue weighted by atomic mass is 16.3. The van der Waals surface area contributed by atoms with E-state index in [-0.39, 0.29) is 19.1 Å². The summed E-state index contributed by atoms with van der Waals surface area (Å²) in [4.78, 5) is 12.1. The Morgan fingerprint density at radius 1 is 1.43 bits per heavy atom. The summed E-state index contributed by atoms with van der Waals surface area (Å²) >= 11 is 0. The molecule has 6 heteroatoms. The smallest absolute Gasteiger partial charge is 0.246 e. The molecule has 1 amide bonds. The highest BCUT2D eigenvalue weighted by molar-refractivity contribution is 5.92. The maximum absolute atomic E-state index is 12.1. The monoisotopic (exact) mass is 288 g/mol. The van der Waals surface area contributed by atoms with Gasteiger partial charge in [0.05, 0.1) is 12.8 Å². The number of aromatic nitrogens is 3. The minimum Gasteiger partial charge on any atom is -0.390 e. The van der Waals surface area contributed by atoms with E-state index in [1.165, 1.54) is 4.68 Å². The van der Waals surface area contributed by atoms with E-state index in [0.29, 0.717) is 11.6 Å². The van der Waals surface area contributed by atoms with Gasteiger partial charge in [0.15, 0.2) is 0 Å². The number of amides is 1. The van der Waals surface area contributed by atoms with Gasteiger partial charge in [0.25, 0.3) is 0 Å². The van der Waals surface area contributed by atoms with E-state index in [0.717, 1.165) is 16.8 Å². The summed E-state index contributed by atoms with van der Waals surface area (Å²) in [5, 5.41) is 19.4. The third-order valence-electron chi connectivity index (χ3n) is 3.25. The summed E-state index contributed by atoms with van der Waals surface area (Å²) in [7, 11) is 0. The third kappa shape index (κ3) is 3.66. The Kier molecular flexibility index (Phi) is 4.70. The zero-order chi connectivity index (χ0) is 15.4. The number of carbonyl (C=O) groups is 1. The standard InChI is InChI=1S/C15H20N4O2/c1-10(2)13-6-4-5-11(3)15(13)16-14(21)8-19-7-12(9-20)17-18-19/h4-7,10,20H,8-9H2,1-3H3,(H,16,21). The predicted molar refractivity (Wildman–Crippen MR) is 79.8 cm³/mol. The molecule has 0 atom stereocenters. The molecular weight excluding hydrogens is 268 g/mol. The fourth-order valence-electron chi connectivity index (χ4n) is 2.16. The lowest BCUT2D eigenvalue weighted by Crippen LogP contribution is -2.20. The van der Waals surface area contributed by atoms with Gasteiger partial charge < -0.3 is 10.4 Å². The average molecular weight is 288 g/mol. The van der Waals surface area contributed by atoms with Gasteiger partial charge >= 0.3 is 0 Å². The van der Waals surface area contributed by atoms with Gasteiger partial charge in [0.1, 0.15) is 12.2 Å². The Labute approximate surface area is 123 Å². The number of para-hydroxylation sites is 1. The van der Waals surface area contributed by atoms with Crippen molar-refractivity contribution in [3.05, 3.63) is 41.2 Å². The number of hydrogen-bond donors (Lipinski definition) is 2. The minimum absolute atomic E-state index is 0.0683. The molecule has 21 heavy (non-hydrogen) atoms. The number of nitrogens with zero attached hydrogens (tertiary/aromatic N) is 3. The van der Waals surface area contributed by atoms with Crippen LogP contribution in [0.1, 0.15) is 36.6 Å². The van der Waals surface area contributed by atoms with Crippen molar-refractivity contribution in [3.8, 4) is 0 Å². The molecule has 1 aromatic carbocycles. The zero-order valence-electron chi connectivity index (χ0n) is 12.5. The van der Waals surface area contributed by atoms with Gasteiger partial charge in [-0.25, -0.2) is 4.68 Å². The van der Waals surface area contributed by atoms with Crippen LogP contribution in [0.5, 0.6) is 0 Å². The van der Waals surface area contributed by atoms with Gasteiger partial charge in [-0.1, -0.05) is 37.3 Å². The SMILES string of the molecule is Cc1cccc(C(C)C)c1NC(=O)Cn1cc(CO)nn1. The summed E-state index contributed by atoms with van der Waals surface area (Å²) in [6, 6.07) is 5.98. The van der Waals surface area contributed by atoms with Gasteiger partial charge in [-0.05, 0) is 24.0 Å². The molecule has 0 saturated heterocycles. The number of anilines is 1. The van der Waals surface area contributed by atoms with Crippen LogP contribution < -0.4 is 5.32 Å². The summed E-state index contributed by atoms with van der Waals surface area (Å²) in [6.07, 6.45) is 1.56. The van der Waals surface area contributed by atoms with Crippen LogP contribution in [-0.2, 0) is 17.9 Å². The topological polar surface area (TPSA) is 80.0 Å². The van der Waals surface area contributed by atoms with Crippen LogP contribution in [0.3, 0.4) is 0 Å². The van der Waals surface area contributed by atoms with E-state index in [9.17, 15) is 4.79 Å². The highest BCUT2D eigenvalue weighted by Gasteiger charge is 2.13. The molecule has 2 N–H and O–H groups in total. The number of hydrogen-bond acceptors (Lipinski definition) is 4. The lowest BCUT2D eigenvalue weighted by atomic mass is 9.98. The quantitative estimate of drug-likeness (QED) is 0.879. The first-order valence-corrected chi connectivity index (χ1v) is 6.90. The molecule has 2 rings (SSSR count). The van der Waals surface area contributed by atoms with Crippen molar-refractivity contribution >= 4 is 11.6 Å². The highest BCUT2D eigenvalue weighted by Crippen LogP contribution is 2.27. The van der Waals surface area contributed by atoms with Crippen LogP contribution in [0.2, 0.25) is 0 Å². The van der Waals surface area contributed by atoms with Crippen molar-refractivity contribution in [3.63, 3.8) is 0 Å². The van der Waals surface area contributed by atoms with E-state index in [1.807, 2.05) is 25.1 Å². The van der Waals surface area contributed by atoms with E-state index in [1.54, 1.807) is 6.20 Å². The summed E-state index contributed by atoms with van der Waals surface area (Å²) < 4.78 is 1.41. The van der Waals surface area contributed by atoms with Crippen molar-refractivity contribution < 1.29 is 9.90 Å². The summed E-state index contributed by atoms with van der Waals surface area (Å²) in [5.41, 5.74) is 3.45. The van der Waals surface area contributed by atoms with Crippen molar-refractivity contribution in [2.24, 2.45) is 0 Å². The average Bonchev–Trinajstić information content (AvgIpc) is 2.88. The van der Waals surface area contributed by atoms with E-state index in [4.69, 9.17) is 5.11 Å². The Hall–Kier alpha value is -2.21. The molecule has 0 saturated carbocycles. The molecule has 1 aromatic heterocycles. The van der Waals surface area contributed by atoms with Gasteiger partial charge in [-0.3, -0.25) is 4.79 Å². The number of rotatable bonds is 5. The third-order valence-corrected chi connectivity index (χ3v) is 3.25. The molecular formula is C15H20N4O2. The molecule has 112 valence electrons. The maximum atomic E-state index is 12.1. The number of benzene rings is 1. The molecule has 0 aliphatic rings. The number of aryl methyl sites for hydroxylation is 1. The second-order valence-electron chi connectivity index (χ2n) is 5.31. The number of aliphatic hydroxyl groups excluding tert-OH is 1. The van der Waals surface area contributed by atoms with Crippen LogP contribution >= 0.6 is 0 Å². The largest absolute Gasteiger partial charge is 0.390 e. The first-order chi connectivity index (χ1) is 10.0. The number of aliphatic hydroxyl groups is 1. The fraction of sp³-hybridized carbons (Fsp3) is 0.400. The lowest BCUT2D eigenvalue weighted by Gasteiger charge is -2.16. The van der Waals surface area contributed by atoms with Gasteiger partial charge in [0.2, 0.25) is 5.91 Å².